The maximum absolute atomic E-state index is 15.2. The van der Waals surface area contributed by atoms with E-state index < -0.39 is 51.7 Å². The number of aryl methyl sites for hydroxylation is 2. The third kappa shape index (κ3) is 12.7. The summed E-state index contributed by atoms with van der Waals surface area (Å²) in [5.41, 5.74) is 2.32. The molecule has 8 heterocycles. The number of anilines is 2. The maximum atomic E-state index is 15.2. The van der Waals surface area contributed by atoms with Gasteiger partial charge in [0, 0.05) is 83.9 Å². The Labute approximate surface area is 514 Å². The van der Waals surface area contributed by atoms with E-state index in [-0.39, 0.29) is 28.8 Å². The van der Waals surface area contributed by atoms with Crippen LogP contribution in [-0.4, -0.2) is 126 Å². The number of benzene rings is 4. The number of hydrogen-bond acceptors (Lipinski definition) is 12. The third-order valence-corrected chi connectivity index (χ3v) is 19.1. The standard InChI is InChI=1S/C37H42F2N6O2.C32H33F2N5O3/c1-23-14-18-43(19-15-23)27-16-20-44(21-17-27)37-41-33(29-22-25(11-10-24(29)2)36(47)40-26-6-3-4-7-26)28-12-13-32(46)45(35(28)42-37)34-30(38)8-5-9-31(34)39;1-19-10-14-37(15-11-19)22-12-16-38(17-13-22)32-35-28(24-18-21(31(41)42)7-6-20(24)2)23-8-9-27(40)39(30(23)36-32)29-25(33)4-3-5-26(29)34/h5,8-13,22-23,26-27H,3-4,6-7,14-21H2,1-2H3,(H,40,47);3-9,18-19,22H,10-17H2,1-2H3,(H,41,42). The molecule has 5 aliphatic rings. The van der Waals surface area contributed by atoms with Crippen molar-refractivity contribution >= 4 is 45.8 Å². The van der Waals surface area contributed by atoms with Crippen molar-refractivity contribution in [3.63, 3.8) is 0 Å². The molecule has 16 nitrogen and oxygen atoms in total. The first-order valence-corrected chi connectivity index (χ1v) is 31.5. The molecule has 1 aliphatic carbocycles. The van der Waals surface area contributed by atoms with E-state index in [9.17, 15) is 24.3 Å². The number of para-hydroxylation sites is 2. The molecule has 464 valence electrons. The fourth-order valence-electron chi connectivity index (χ4n) is 13.8. The van der Waals surface area contributed by atoms with Crippen LogP contribution < -0.4 is 26.2 Å². The number of halogens is 4. The predicted octanol–water partition coefficient (Wildman–Crippen LogP) is 11.8. The summed E-state index contributed by atoms with van der Waals surface area (Å²) in [5, 5.41) is 13.7. The Kier molecular flexibility index (Phi) is 17.8. The molecule has 1 amide bonds. The molecule has 5 fully saturated rings. The second-order valence-corrected chi connectivity index (χ2v) is 25.1. The van der Waals surface area contributed by atoms with Crippen molar-refractivity contribution in [2.24, 2.45) is 11.8 Å². The molecule has 4 saturated heterocycles. The Balaban J connectivity index is 0.000000174. The summed E-state index contributed by atoms with van der Waals surface area (Å²) in [4.78, 5) is 80.7. The van der Waals surface area contributed by atoms with Gasteiger partial charge in [-0.1, -0.05) is 51.0 Å². The average molecular weight is 1210 g/mol. The number of piperidine rings is 4. The van der Waals surface area contributed by atoms with Gasteiger partial charge in [-0.15, -0.1) is 0 Å². The van der Waals surface area contributed by atoms with Crippen molar-refractivity contribution in [3.8, 4) is 33.9 Å². The highest BCUT2D eigenvalue weighted by Crippen LogP contribution is 2.37. The second kappa shape index (κ2) is 26.0. The summed E-state index contributed by atoms with van der Waals surface area (Å²) in [5.74, 6) is -2.49. The van der Waals surface area contributed by atoms with Gasteiger partial charge in [0.05, 0.1) is 17.0 Å². The smallest absolute Gasteiger partial charge is 0.335 e. The van der Waals surface area contributed by atoms with Gasteiger partial charge in [-0.05, 0) is 188 Å². The lowest BCUT2D eigenvalue weighted by atomic mass is 9.95. The zero-order valence-electron chi connectivity index (χ0n) is 50.8. The molecular formula is C69H75F4N11O5. The van der Waals surface area contributed by atoms with Crippen LogP contribution in [0.2, 0.25) is 0 Å². The summed E-state index contributed by atoms with van der Waals surface area (Å²) in [6.45, 7) is 15.6. The van der Waals surface area contributed by atoms with Crippen LogP contribution in [0.5, 0.6) is 0 Å². The van der Waals surface area contributed by atoms with E-state index in [1.165, 1.54) is 68.1 Å². The number of nitrogens with one attached hydrogen (secondary N) is 1. The second-order valence-electron chi connectivity index (χ2n) is 25.1. The molecule has 0 radical (unpaired) electrons. The minimum Gasteiger partial charge on any atom is -0.478 e. The number of aromatic nitrogens is 6. The highest BCUT2D eigenvalue weighted by Gasteiger charge is 2.33. The topological polar surface area (TPSA) is 175 Å². The Morgan fingerprint density at radius 3 is 1.29 bits per heavy atom. The van der Waals surface area contributed by atoms with Crippen LogP contribution in [-0.2, 0) is 0 Å². The molecule has 0 spiro atoms. The van der Waals surface area contributed by atoms with Crippen LogP contribution in [0.1, 0.15) is 123 Å². The van der Waals surface area contributed by atoms with Gasteiger partial charge in [0.15, 0.2) is 11.3 Å². The molecule has 13 rings (SSSR count). The summed E-state index contributed by atoms with van der Waals surface area (Å²) in [6, 6.07) is 24.0. The van der Waals surface area contributed by atoms with E-state index in [1.54, 1.807) is 12.1 Å². The number of carbonyl (C=O) groups is 2. The quantitative estimate of drug-likeness (QED) is 0.117. The van der Waals surface area contributed by atoms with Gasteiger partial charge in [-0.3, -0.25) is 23.5 Å². The normalized spacial score (nSPS) is 18.0. The maximum Gasteiger partial charge on any atom is 0.335 e. The van der Waals surface area contributed by atoms with Crippen LogP contribution >= 0.6 is 0 Å². The van der Waals surface area contributed by atoms with Crippen LogP contribution in [0, 0.1) is 49.0 Å². The summed E-state index contributed by atoms with van der Waals surface area (Å²) < 4.78 is 62.5. The van der Waals surface area contributed by atoms with E-state index in [0.717, 1.165) is 147 Å². The highest BCUT2D eigenvalue weighted by atomic mass is 19.1. The largest absolute Gasteiger partial charge is 0.478 e. The lowest BCUT2D eigenvalue weighted by Gasteiger charge is -2.41. The van der Waals surface area contributed by atoms with Crippen molar-refractivity contribution in [1.29, 1.82) is 0 Å². The fraction of sp³-hybridized carbons (Fsp3) is 0.420. The van der Waals surface area contributed by atoms with Gasteiger partial charge in [-0.25, -0.2) is 32.3 Å². The first-order valence-electron chi connectivity index (χ1n) is 31.5. The molecule has 89 heavy (non-hydrogen) atoms. The number of amides is 1. The first-order chi connectivity index (χ1) is 43.0. The van der Waals surface area contributed by atoms with Gasteiger partial charge in [0.2, 0.25) is 11.9 Å². The third-order valence-electron chi connectivity index (χ3n) is 19.1. The minimum absolute atomic E-state index is 0.0544. The SMILES string of the molecule is Cc1ccc(C(=O)NC2CCCC2)cc1-c1nc(N2CCC(N3CCC(C)CC3)CC2)nc2c1ccc(=O)n2-c1c(F)cccc1F.Cc1ccc(C(=O)O)cc1-c1nc(N2CCC(N3CCC(C)CC3)CC2)nc2c1ccc(=O)n2-c1c(F)cccc1F. The van der Waals surface area contributed by atoms with Crippen LogP contribution in [0.4, 0.5) is 29.5 Å². The van der Waals surface area contributed by atoms with Gasteiger partial charge in [-0.2, -0.15) is 9.97 Å². The average Bonchev–Trinajstić information content (AvgIpc) is 1.26. The molecule has 8 aromatic rings. The van der Waals surface area contributed by atoms with Crippen molar-refractivity contribution in [1.82, 2.24) is 44.2 Å². The monoisotopic (exact) mass is 1210 g/mol. The minimum atomic E-state index is -1.09. The Morgan fingerprint density at radius 2 is 0.888 bits per heavy atom. The van der Waals surface area contributed by atoms with Crippen molar-refractivity contribution < 1.29 is 32.3 Å². The van der Waals surface area contributed by atoms with E-state index >= 15 is 17.6 Å². The van der Waals surface area contributed by atoms with E-state index in [1.807, 2.05) is 36.9 Å². The zero-order chi connectivity index (χ0) is 62.2. The van der Waals surface area contributed by atoms with E-state index in [0.29, 0.717) is 75.9 Å². The molecule has 4 aromatic carbocycles. The molecule has 2 N–H and O–H groups in total. The first kappa shape index (κ1) is 60.9. The Morgan fingerprint density at radius 1 is 0.494 bits per heavy atom. The molecule has 1 saturated carbocycles. The van der Waals surface area contributed by atoms with Crippen molar-refractivity contribution in [3.05, 3.63) is 163 Å². The van der Waals surface area contributed by atoms with Gasteiger partial charge in [0.25, 0.3) is 17.0 Å². The molecular weight excluding hydrogens is 1140 g/mol. The Bertz CT molecular complexity index is 4060. The molecule has 4 aromatic heterocycles. The summed E-state index contributed by atoms with van der Waals surface area (Å²) in [7, 11) is 0. The highest BCUT2D eigenvalue weighted by molar-refractivity contribution is 5.99. The molecule has 0 unspecified atom stereocenters. The number of pyridine rings is 2. The number of rotatable bonds is 11. The van der Waals surface area contributed by atoms with Crippen LogP contribution in [0.25, 0.3) is 56.0 Å². The number of carboxylic acid groups (broad SMARTS) is 1. The van der Waals surface area contributed by atoms with Crippen LogP contribution in [0.15, 0.2) is 107 Å². The fourth-order valence-corrected chi connectivity index (χ4v) is 13.8. The number of likely N-dealkylation sites (tertiary alicyclic amines) is 2. The zero-order valence-corrected chi connectivity index (χ0v) is 50.8. The predicted molar refractivity (Wildman–Crippen MR) is 338 cm³/mol. The van der Waals surface area contributed by atoms with E-state index in [2.05, 4.69) is 33.9 Å². The lowest BCUT2D eigenvalue weighted by Crippen LogP contribution is -2.48. The molecule has 0 bridgehead atoms. The summed E-state index contributed by atoms with van der Waals surface area (Å²) >= 11 is 0. The van der Waals surface area contributed by atoms with Gasteiger partial charge >= 0.3 is 5.97 Å². The lowest BCUT2D eigenvalue weighted by molar-refractivity contribution is 0.0696. The number of hydrogen-bond donors (Lipinski definition) is 2. The van der Waals surface area contributed by atoms with Crippen molar-refractivity contribution in [2.45, 2.75) is 123 Å². The van der Waals surface area contributed by atoms with Gasteiger partial charge < -0.3 is 30.0 Å². The van der Waals surface area contributed by atoms with Crippen LogP contribution in [0.3, 0.4) is 0 Å². The van der Waals surface area contributed by atoms with E-state index in [4.69, 9.17) is 19.9 Å². The summed E-state index contributed by atoms with van der Waals surface area (Å²) in [6.07, 6.45) is 12.8. The number of nitrogens with zero attached hydrogens (tertiary/aromatic N) is 10. The molecule has 20 heteroatoms. The number of fused-ring (bicyclic) bond motifs is 2. The number of carboxylic acids is 1. The van der Waals surface area contributed by atoms with Crippen molar-refractivity contribution in [2.75, 3.05) is 62.2 Å². The Hall–Kier alpha value is -8.36. The number of aromatic carboxylic acids is 1. The van der Waals surface area contributed by atoms with Gasteiger partial charge in [0.1, 0.15) is 34.6 Å². The molecule has 0 atom stereocenters. The number of carbonyl (C=O) groups excluding carboxylic acids is 1. The molecule has 4 aliphatic heterocycles.